The molecule has 0 saturated carbocycles. The van der Waals surface area contributed by atoms with Crippen LogP contribution in [0, 0.1) is 22.7 Å². The summed E-state index contributed by atoms with van der Waals surface area (Å²) in [6.07, 6.45) is 1.14. The average Bonchev–Trinajstić information content (AvgIpc) is 2.47. The van der Waals surface area contributed by atoms with Crippen molar-refractivity contribution >= 4 is 11.9 Å². The molecule has 0 aliphatic heterocycles. The number of hydrogen-bond donors (Lipinski definition) is 0. The lowest BCUT2D eigenvalue weighted by atomic mass is 9.71. The van der Waals surface area contributed by atoms with Crippen LogP contribution < -0.4 is 10.2 Å². The number of benzene rings is 1. The van der Waals surface area contributed by atoms with Gasteiger partial charge < -0.3 is 19.8 Å². The Labute approximate surface area is 157 Å². The standard InChI is InChI=1S/C22H34O4/c1-13(2)21(5,6)11-15-9-10-16(19(23)24)18(20(25)26)17(15)12-22(7,8)14(3)4/h9-10,13-14H,11-12H2,1-8H3,(H,23,24)(H,25,26)/p-2. The van der Waals surface area contributed by atoms with E-state index in [0.29, 0.717) is 30.2 Å². The summed E-state index contributed by atoms with van der Waals surface area (Å²) in [5.41, 5.74) is 0.677. The molecule has 0 aromatic heterocycles. The van der Waals surface area contributed by atoms with Gasteiger partial charge in [0.1, 0.15) is 0 Å². The summed E-state index contributed by atoms with van der Waals surface area (Å²) in [6.45, 7) is 16.8. The Bertz CT molecular complexity index is 682. The van der Waals surface area contributed by atoms with Crippen LogP contribution in [0.5, 0.6) is 0 Å². The van der Waals surface area contributed by atoms with Gasteiger partial charge >= 0.3 is 0 Å². The predicted molar refractivity (Wildman–Crippen MR) is 99.7 cm³/mol. The van der Waals surface area contributed by atoms with Crippen molar-refractivity contribution in [3.63, 3.8) is 0 Å². The number of hydrogen-bond acceptors (Lipinski definition) is 4. The summed E-state index contributed by atoms with van der Waals surface area (Å²) in [5, 5.41) is 23.3. The van der Waals surface area contributed by atoms with Crippen LogP contribution in [-0.2, 0) is 12.8 Å². The van der Waals surface area contributed by atoms with E-state index in [0.717, 1.165) is 5.56 Å². The van der Waals surface area contributed by atoms with E-state index in [-0.39, 0.29) is 22.0 Å². The molecule has 1 rings (SSSR count). The first-order valence-corrected chi connectivity index (χ1v) is 9.28. The van der Waals surface area contributed by atoms with E-state index in [9.17, 15) is 19.8 Å². The molecule has 0 heterocycles. The second-order valence-electron chi connectivity index (χ2n) is 9.34. The molecule has 1 aromatic carbocycles. The zero-order valence-corrected chi connectivity index (χ0v) is 17.4. The SMILES string of the molecule is CC(C)C(C)(C)Cc1ccc(C(=O)[O-])c(C(=O)[O-])c1CC(C)(C)C(C)C. The van der Waals surface area contributed by atoms with E-state index in [1.165, 1.54) is 6.07 Å². The molecule has 0 atom stereocenters. The van der Waals surface area contributed by atoms with Gasteiger partial charge in [0.05, 0.1) is 11.9 Å². The first kappa shape index (κ1) is 22.2. The van der Waals surface area contributed by atoms with E-state index in [1.54, 1.807) is 6.07 Å². The molecule has 0 fully saturated rings. The van der Waals surface area contributed by atoms with Gasteiger partial charge in [-0.25, -0.2) is 0 Å². The van der Waals surface area contributed by atoms with Gasteiger partial charge in [-0.1, -0.05) is 67.5 Å². The maximum absolute atomic E-state index is 11.9. The van der Waals surface area contributed by atoms with Crippen LogP contribution in [0.2, 0.25) is 0 Å². The van der Waals surface area contributed by atoms with Crippen molar-refractivity contribution in [2.24, 2.45) is 22.7 Å². The molecule has 0 spiro atoms. The van der Waals surface area contributed by atoms with Crippen LogP contribution in [0.1, 0.15) is 87.2 Å². The van der Waals surface area contributed by atoms with E-state index < -0.39 is 11.9 Å². The highest BCUT2D eigenvalue weighted by Crippen LogP contribution is 2.37. The lowest BCUT2D eigenvalue weighted by molar-refractivity contribution is -0.259. The Balaban J connectivity index is 3.67. The van der Waals surface area contributed by atoms with Gasteiger partial charge in [-0.05, 0) is 46.6 Å². The third-order valence-corrected chi connectivity index (χ3v) is 6.24. The number of carboxylic acids is 2. The summed E-state index contributed by atoms with van der Waals surface area (Å²) in [4.78, 5) is 23.3. The average molecular weight is 360 g/mol. The minimum Gasteiger partial charge on any atom is -0.545 e. The quantitative estimate of drug-likeness (QED) is 0.714. The van der Waals surface area contributed by atoms with Gasteiger partial charge in [0.15, 0.2) is 0 Å². The fourth-order valence-corrected chi connectivity index (χ4v) is 2.82. The zero-order chi connectivity index (χ0) is 20.4. The van der Waals surface area contributed by atoms with Crippen molar-refractivity contribution < 1.29 is 19.8 Å². The minimum atomic E-state index is -1.48. The van der Waals surface area contributed by atoms with E-state index in [2.05, 4.69) is 55.4 Å². The third kappa shape index (κ3) is 4.87. The Kier molecular flexibility index (Phi) is 6.67. The number of rotatable bonds is 8. The fourth-order valence-electron chi connectivity index (χ4n) is 2.82. The maximum Gasteiger partial charge on any atom is 0.0724 e. The highest BCUT2D eigenvalue weighted by atomic mass is 16.4. The zero-order valence-electron chi connectivity index (χ0n) is 17.4. The molecule has 4 heteroatoms. The molecular weight excluding hydrogens is 328 g/mol. The van der Waals surface area contributed by atoms with Crippen LogP contribution >= 0.6 is 0 Å². The van der Waals surface area contributed by atoms with Crippen LogP contribution in [0.3, 0.4) is 0 Å². The summed E-state index contributed by atoms with van der Waals surface area (Å²) >= 11 is 0. The molecule has 0 aliphatic carbocycles. The summed E-state index contributed by atoms with van der Waals surface area (Å²) in [7, 11) is 0. The van der Waals surface area contributed by atoms with Gasteiger partial charge in [0.25, 0.3) is 0 Å². The van der Waals surface area contributed by atoms with Crippen LogP contribution in [0.25, 0.3) is 0 Å². The number of carbonyl (C=O) groups excluding carboxylic acids is 2. The van der Waals surface area contributed by atoms with Gasteiger partial charge in [-0.3, -0.25) is 0 Å². The van der Waals surface area contributed by atoms with Crippen LogP contribution in [0.4, 0.5) is 0 Å². The van der Waals surface area contributed by atoms with Crippen LogP contribution in [-0.4, -0.2) is 11.9 Å². The maximum atomic E-state index is 11.9. The molecule has 0 saturated heterocycles. The second kappa shape index (κ2) is 7.81. The molecule has 0 aliphatic rings. The molecular formula is C22H32O4-2. The largest absolute Gasteiger partial charge is 0.545 e. The third-order valence-electron chi connectivity index (χ3n) is 6.24. The molecule has 0 bridgehead atoms. The first-order valence-electron chi connectivity index (χ1n) is 9.28. The molecule has 4 nitrogen and oxygen atoms in total. The second-order valence-corrected chi connectivity index (χ2v) is 9.34. The number of aromatic carboxylic acids is 2. The lowest BCUT2D eigenvalue weighted by Crippen LogP contribution is -2.34. The summed E-state index contributed by atoms with van der Waals surface area (Å²) in [6, 6.07) is 3.09. The fraction of sp³-hybridized carbons (Fsp3) is 0.636. The van der Waals surface area contributed by atoms with Gasteiger partial charge in [-0.2, -0.15) is 0 Å². The van der Waals surface area contributed by atoms with Crippen molar-refractivity contribution in [2.45, 2.75) is 68.2 Å². The molecule has 0 unspecified atom stereocenters. The van der Waals surface area contributed by atoms with Crippen molar-refractivity contribution in [1.82, 2.24) is 0 Å². The Hall–Kier alpha value is -1.84. The van der Waals surface area contributed by atoms with Gasteiger partial charge in [-0.15, -0.1) is 0 Å². The van der Waals surface area contributed by atoms with E-state index >= 15 is 0 Å². The van der Waals surface area contributed by atoms with Crippen molar-refractivity contribution in [3.05, 3.63) is 34.4 Å². The van der Waals surface area contributed by atoms with Crippen molar-refractivity contribution in [3.8, 4) is 0 Å². The Morgan fingerprint density at radius 1 is 0.846 bits per heavy atom. The Morgan fingerprint density at radius 3 is 1.69 bits per heavy atom. The normalized spacial score (nSPS) is 12.7. The van der Waals surface area contributed by atoms with Crippen LogP contribution in [0.15, 0.2) is 12.1 Å². The number of carboxylic acid groups (broad SMARTS) is 2. The highest BCUT2D eigenvalue weighted by molar-refractivity contribution is 6.01. The molecule has 0 N–H and O–H groups in total. The highest BCUT2D eigenvalue weighted by Gasteiger charge is 2.30. The van der Waals surface area contributed by atoms with Crippen molar-refractivity contribution in [1.29, 1.82) is 0 Å². The molecule has 0 radical (unpaired) electrons. The van der Waals surface area contributed by atoms with Gasteiger partial charge in [0, 0.05) is 11.1 Å². The Morgan fingerprint density at radius 2 is 1.31 bits per heavy atom. The summed E-state index contributed by atoms with van der Waals surface area (Å²) < 4.78 is 0. The van der Waals surface area contributed by atoms with Gasteiger partial charge in [0.2, 0.25) is 0 Å². The molecule has 146 valence electrons. The smallest absolute Gasteiger partial charge is 0.0724 e. The predicted octanol–water partition coefficient (Wildman–Crippen LogP) is 2.86. The van der Waals surface area contributed by atoms with Crippen molar-refractivity contribution in [2.75, 3.05) is 0 Å². The first-order chi connectivity index (χ1) is 11.7. The lowest BCUT2D eigenvalue weighted by Gasteiger charge is -2.35. The van der Waals surface area contributed by atoms with E-state index in [1.807, 2.05) is 0 Å². The molecule has 1 aromatic rings. The molecule has 0 amide bonds. The molecule has 26 heavy (non-hydrogen) atoms. The number of carbonyl (C=O) groups is 2. The summed E-state index contributed by atoms with van der Waals surface area (Å²) in [5.74, 6) is -2.25. The monoisotopic (exact) mass is 360 g/mol. The topological polar surface area (TPSA) is 80.3 Å². The minimum absolute atomic E-state index is 0.0527. The van der Waals surface area contributed by atoms with E-state index in [4.69, 9.17) is 0 Å².